The molecule has 0 atom stereocenters. The fourth-order valence-corrected chi connectivity index (χ4v) is 3.47. The zero-order chi connectivity index (χ0) is 15.1. The zero-order valence-corrected chi connectivity index (χ0v) is 13.7. The third-order valence-electron chi connectivity index (χ3n) is 3.78. The Bertz CT molecular complexity index is 839. The Hall–Kier alpha value is -1.78. The van der Waals surface area contributed by atoms with Crippen molar-refractivity contribution in [1.82, 2.24) is 14.3 Å². The predicted molar refractivity (Wildman–Crippen MR) is 90.3 cm³/mol. The van der Waals surface area contributed by atoms with Crippen LogP contribution in [0.1, 0.15) is 30.3 Å². The van der Waals surface area contributed by atoms with Gasteiger partial charge in [-0.05, 0) is 43.4 Å². The molecular weight excluding hydrogens is 314 g/mol. The van der Waals surface area contributed by atoms with E-state index < -0.39 is 0 Å². The maximum absolute atomic E-state index is 6.37. The molecule has 0 bridgehead atoms. The second-order valence-electron chi connectivity index (χ2n) is 5.58. The fraction of sp³-hybridized carbons (Fsp3) is 0.235. The molecule has 4 rings (SSSR count). The van der Waals surface area contributed by atoms with Crippen LogP contribution >= 0.6 is 23.1 Å². The SMILES string of the molecule is Cc1cc(-c2nc(C3CC3)ncc2-c2ccccc2Cl)sn1. The van der Waals surface area contributed by atoms with Crippen LogP contribution in [0.25, 0.3) is 21.7 Å². The van der Waals surface area contributed by atoms with Crippen LogP contribution in [0.4, 0.5) is 0 Å². The first-order chi connectivity index (χ1) is 10.7. The molecule has 5 heteroatoms. The van der Waals surface area contributed by atoms with Crippen molar-refractivity contribution >= 4 is 23.1 Å². The minimum absolute atomic E-state index is 0.521. The summed E-state index contributed by atoms with van der Waals surface area (Å²) in [4.78, 5) is 10.5. The number of hydrogen-bond donors (Lipinski definition) is 0. The Morgan fingerprint density at radius 1 is 1.18 bits per heavy atom. The van der Waals surface area contributed by atoms with Gasteiger partial charge < -0.3 is 0 Å². The molecule has 0 amide bonds. The Balaban J connectivity index is 1.92. The molecule has 1 aromatic carbocycles. The van der Waals surface area contributed by atoms with Crippen molar-refractivity contribution in [2.24, 2.45) is 0 Å². The van der Waals surface area contributed by atoms with E-state index in [0.29, 0.717) is 10.9 Å². The standard InChI is InChI=1S/C17H14ClN3S/c1-10-8-15(22-21-10)16-13(12-4-2-3-5-14(12)18)9-19-17(20-16)11-6-7-11/h2-5,8-9,11H,6-7H2,1H3. The van der Waals surface area contributed by atoms with E-state index in [-0.39, 0.29) is 0 Å². The van der Waals surface area contributed by atoms with Gasteiger partial charge in [0.25, 0.3) is 0 Å². The molecule has 1 saturated carbocycles. The summed E-state index contributed by atoms with van der Waals surface area (Å²) in [5.74, 6) is 1.46. The lowest BCUT2D eigenvalue weighted by atomic mass is 10.0. The van der Waals surface area contributed by atoms with Crippen molar-refractivity contribution < 1.29 is 0 Å². The summed E-state index contributed by atoms with van der Waals surface area (Å²) in [6.45, 7) is 2.00. The maximum atomic E-state index is 6.37. The van der Waals surface area contributed by atoms with Gasteiger partial charge in [0.1, 0.15) is 5.82 Å². The first-order valence-electron chi connectivity index (χ1n) is 7.28. The van der Waals surface area contributed by atoms with Gasteiger partial charge in [0.05, 0.1) is 16.3 Å². The molecular formula is C17H14ClN3S. The molecule has 0 unspecified atom stereocenters. The highest BCUT2D eigenvalue weighted by atomic mass is 35.5. The highest BCUT2D eigenvalue weighted by Gasteiger charge is 2.28. The van der Waals surface area contributed by atoms with E-state index in [1.807, 2.05) is 37.4 Å². The fourth-order valence-electron chi connectivity index (χ4n) is 2.47. The third kappa shape index (κ3) is 2.53. The van der Waals surface area contributed by atoms with Gasteiger partial charge >= 0.3 is 0 Å². The Kier molecular flexibility index (Phi) is 3.43. The monoisotopic (exact) mass is 327 g/mol. The van der Waals surface area contributed by atoms with Crippen molar-refractivity contribution in [3.05, 3.63) is 53.1 Å². The number of hydrogen-bond acceptors (Lipinski definition) is 4. The first kappa shape index (κ1) is 13.9. The van der Waals surface area contributed by atoms with E-state index in [2.05, 4.69) is 15.4 Å². The highest BCUT2D eigenvalue weighted by molar-refractivity contribution is 7.09. The van der Waals surface area contributed by atoms with Crippen LogP contribution in [-0.2, 0) is 0 Å². The van der Waals surface area contributed by atoms with E-state index in [1.165, 1.54) is 24.4 Å². The van der Waals surface area contributed by atoms with Gasteiger partial charge in [-0.3, -0.25) is 0 Å². The molecule has 0 spiro atoms. The molecule has 2 aromatic heterocycles. The van der Waals surface area contributed by atoms with Crippen LogP contribution in [0.3, 0.4) is 0 Å². The normalized spacial score (nSPS) is 14.3. The minimum atomic E-state index is 0.521. The number of nitrogens with zero attached hydrogens (tertiary/aromatic N) is 3. The Morgan fingerprint density at radius 3 is 2.68 bits per heavy atom. The second kappa shape index (κ2) is 5.45. The van der Waals surface area contributed by atoms with Crippen molar-refractivity contribution in [2.75, 3.05) is 0 Å². The Labute approximate surface area is 138 Å². The van der Waals surface area contributed by atoms with Gasteiger partial charge in [-0.25, -0.2) is 9.97 Å². The summed E-state index contributed by atoms with van der Waals surface area (Å²) in [5.41, 5.74) is 3.89. The molecule has 0 radical (unpaired) electrons. The third-order valence-corrected chi connectivity index (χ3v) is 4.99. The Morgan fingerprint density at radius 2 is 2.00 bits per heavy atom. The van der Waals surface area contributed by atoms with Gasteiger partial charge in [0.15, 0.2) is 0 Å². The minimum Gasteiger partial charge on any atom is -0.240 e. The topological polar surface area (TPSA) is 38.7 Å². The maximum Gasteiger partial charge on any atom is 0.132 e. The van der Waals surface area contributed by atoms with Crippen molar-refractivity contribution in [3.63, 3.8) is 0 Å². The summed E-state index contributed by atoms with van der Waals surface area (Å²) in [5, 5.41) is 0.716. The van der Waals surface area contributed by atoms with Crippen molar-refractivity contribution in [3.8, 4) is 21.7 Å². The molecule has 0 aliphatic heterocycles. The van der Waals surface area contributed by atoms with Gasteiger partial charge in [-0.15, -0.1) is 0 Å². The summed E-state index contributed by atoms with van der Waals surface area (Å²) in [6, 6.07) is 9.89. The largest absolute Gasteiger partial charge is 0.240 e. The van der Waals surface area contributed by atoms with E-state index in [9.17, 15) is 0 Å². The highest BCUT2D eigenvalue weighted by Crippen LogP contribution is 2.41. The van der Waals surface area contributed by atoms with Crippen molar-refractivity contribution in [1.29, 1.82) is 0 Å². The summed E-state index contributed by atoms with van der Waals surface area (Å²) < 4.78 is 4.39. The van der Waals surface area contributed by atoms with E-state index >= 15 is 0 Å². The lowest BCUT2D eigenvalue weighted by Crippen LogP contribution is -1.97. The molecule has 1 fully saturated rings. The van der Waals surface area contributed by atoms with E-state index in [0.717, 1.165) is 33.2 Å². The van der Waals surface area contributed by atoms with Gasteiger partial charge in [-0.2, -0.15) is 4.37 Å². The molecule has 3 aromatic rings. The van der Waals surface area contributed by atoms with Gasteiger partial charge in [-0.1, -0.05) is 29.8 Å². The molecule has 0 saturated heterocycles. The quantitative estimate of drug-likeness (QED) is 0.671. The number of rotatable bonds is 3. The average Bonchev–Trinajstić information content (AvgIpc) is 3.29. The molecule has 2 heterocycles. The molecule has 110 valence electrons. The molecule has 1 aliphatic rings. The molecule has 22 heavy (non-hydrogen) atoms. The van der Waals surface area contributed by atoms with Gasteiger partial charge in [0.2, 0.25) is 0 Å². The number of benzene rings is 1. The van der Waals surface area contributed by atoms with Gasteiger partial charge in [0, 0.05) is 28.3 Å². The summed E-state index contributed by atoms with van der Waals surface area (Å²) in [6.07, 6.45) is 4.28. The predicted octanol–water partition coefficient (Wildman–Crippen LogP) is 5.11. The van der Waals surface area contributed by atoms with E-state index in [1.54, 1.807) is 0 Å². The van der Waals surface area contributed by atoms with Crippen molar-refractivity contribution in [2.45, 2.75) is 25.7 Å². The number of aryl methyl sites for hydroxylation is 1. The first-order valence-corrected chi connectivity index (χ1v) is 8.43. The lowest BCUT2D eigenvalue weighted by molar-refractivity contribution is 0.933. The second-order valence-corrected chi connectivity index (χ2v) is 6.79. The number of halogens is 1. The molecule has 3 nitrogen and oxygen atoms in total. The zero-order valence-electron chi connectivity index (χ0n) is 12.1. The average molecular weight is 328 g/mol. The smallest absolute Gasteiger partial charge is 0.132 e. The molecule has 1 aliphatic carbocycles. The van der Waals surface area contributed by atoms with Crippen LogP contribution in [0.2, 0.25) is 5.02 Å². The molecule has 0 N–H and O–H groups in total. The van der Waals surface area contributed by atoms with Crippen LogP contribution < -0.4 is 0 Å². The lowest BCUT2D eigenvalue weighted by Gasteiger charge is -2.10. The summed E-state index contributed by atoms with van der Waals surface area (Å²) in [7, 11) is 0. The van der Waals surface area contributed by atoms with Crippen LogP contribution in [0, 0.1) is 6.92 Å². The van der Waals surface area contributed by atoms with Crippen LogP contribution in [0.5, 0.6) is 0 Å². The van der Waals surface area contributed by atoms with E-state index in [4.69, 9.17) is 16.6 Å². The van der Waals surface area contributed by atoms with Crippen LogP contribution in [-0.4, -0.2) is 14.3 Å². The van der Waals surface area contributed by atoms with Crippen LogP contribution in [0.15, 0.2) is 36.5 Å². The number of aromatic nitrogens is 3. The summed E-state index contributed by atoms with van der Waals surface area (Å²) >= 11 is 7.85.